The highest BCUT2D eigenvalue weighted by atomic mass is 16.4. The molecule has 150 valence electrons. The molecule has 4 unspecified atom stereocenters. The van der Waals surface area contributed by atoms with Gasteiger partial charge in [0.1, 0.15) is 5.75 Å². The van der Waals surface area contributed by atoms with E-state index in [1.54, 1.807) is 18.2 Å². The molecule has 4 atom stereocenters. The van der Waals surface area contributed by atoms with E-state index in [0.29, 0.717) is 18.4 Å². The molecule has 0 spiro atoms. The number of aliphatic hydroxyl groups excluding tert-OH is 1. The Balaban J connectivity index is 1.80. The van der Waals surface area contributed by atoms with Crippen LogP contribution in [0.1, 0.15) is 43.7 Å². The van der Waals surface area contributed by atoms with E-state index < -0.39 is 47.8 Å². The number of aromatic hydroxyl groups is 1. The minimum absolute atomic E-state index is 0.0887. The van der Waals surface area contributed by atoms with Gasteiger partial charge in [-0.3, -0.25) is 24.6 Å². The van der Waals surface area contributed by atoms with Gasteiger partial charge >= 0.3 is 5.97 Å². The second-order valence-electron chi connectivity index (χ2n) is 7.96. The fourth-order valence-corrected chi connectivity index (χ4v) is 5.15. The van der Waals surface area contributed by atoms with Crippen molar-refractivity contribution >= 4 is 17.8 Å². The number of hydrogen-bond donors (Lipinski definition) is 4. The van der Waals surface area contributed by atoms with Crippen molar-refractivity contribution in [3.05, 3.63) is 29.8 Å². The van der Waals surface area contributed by atoms with Gasteiger partial charge < -0.3 is 15.3 Å². The SMILES string of the molecule is O=C1C2C(c3ccccc3O)NC(CO)(C(=O)O)C2C(=O)N1C1CCCCC1. The van der Waals surface area contributed by atoms with Crippen molar-refractivity contribution in [2.75, 3.05) is 6.61 Å². The lowest BCUT2D eigenvalue weighted by atomic mass is 9.79. The molecule has 0 bridgehead atoms. The number of nitrogens with zero attached hydrogens (tertiary/aromatic N) is 1. The number of hydrogen-bond acceptors (Lipinski definition) is 6. The molecule has 4 N–H and O–H groups in total. The van der Waals surface area contributed by atoms with Crippen LogP contribution in [-0.4, -0.2) is 56.2 Å². The maximum Gasteiger partial charge on any atom is 0.327 e. The molecule has 2 heterocycles. The van der Waals surface area contributed by atoms with Gasteiger partial charge in [0.15, 0.2) is 5.54 Å². The third-order valence-corrected chi connectivity index (χ3v) is 6.53. The lowest BCUT2D eigenvalue weighted by Crippen LogP contribution is -2.59. The van der Waals surface area contributed by atoms with E-state index in [1.165, 1.54) is 11.0 Å². The normalized spacial score (nSPS) is 33.3. The van der Waals surface area contributed by atoms with Crippen LogP contribution in [0.15, 0.2) is 24.3 Å². The molecule has 0 aromatic heterocycles. The molecule has 1 aromatic carbocycles. The van der Waals surface area contributed by atoms with Crippen LogP contribution in [0, 0.1) is 11.8 Å². The number of fused-ring (bicyclic) bond motifs is 1. The molecule has 3 fully saturated rings. The molecule has 1 saturated carbocycles. The van der Waals surface area contributed by atoms with Gasteiger partial charge in [-0.05, 0) is 18.9 Å². The molecule has 4 rings (SSSR count). The lowest BCUT2D eigenvalue weighted by molar-refractivity contribution is -0.154. The third kappa shape index (κ3) is 2.55. The number of likely N-dealkylation sites (tertiary alicyclic amines) is 1. The van der Waals surface area contributed by atoms with Crippen LogP contribution in [0.25, 0.3) is 0 Å². The Kier molecular flexibility index (Phi) is 4.63. The fraction of sp³-hybridized carbons (Fsp3) is 0.550. The zero-order valence-electron chi connectivity index (χ0n) is 15.4. The summed E-state index contributed by atoms with van der Waals surface area (Å²) in [6.07, 6.45) is 4.32. The Bertz CT molecular complexity index is 821. The number of phenolic OH excluding ortho intramolecular Hbond substituents is 1. The summed E-state index contributed by atoms with van der Waals surface area (Å²) in [4.78, 5) is 40.0. The summed E-state index contributed by atoms with van der Waals surface area (Å²) in [5, 5.41) is 33.0. The first-order valence-electron chi connectivity index (χ1n) is 9.69. The summed E-state index contributed by atoms with van der Waals surface area (Å²) in [5.74, 6) is -4.62. The highest BCUT2D eigenvalue weighted by Gasteiger charge is 2.69. The predicted molar refractivity (Wildman–Crippen MR) is 97.1 cm³/mol. The first-order valence-corrected chi connectivity index (χ1v) is 9.69. The monoisotopic (exact) mass is 388 g/mol. The average Bonchev–Trinajstić information content (AvgIpc) is 3.17. The molecule has 2 amide bonds. The van der Waals surface area contributed by atoms with Gasteiger partial charge in [-0.2, -0.15) is 0 Å². The highest BCUT2D eigenvalue weighted by molar-refractivity contribution is 6.09. The first-order chi connectivity index (χ1) is 13.4. The van der Waals surface area contributed by atoms with Crippen LogP contribution < -0.4 is 5.32 Å². The van der Waals surface area contributed by atoms with Gasteiger partial charge in [0, 0.05) is 17.6 Å². The Morgan fingerprint density at radius 2 is 1.82 bits per heavy atom. The number of nitrogens with one attached hydrogen (secondary N) is 1. The molecular formula is C20H24N2O6. The number of benzene rings is 1. The zero-order valence-corrected chi connectivity index (χ0v) is 15.4. The van der Waals surface area contributed by atoms with Gasteiger partial charge in [0.25, 0.3) is 0 Å². The minimum atomic E-state index is -1.96. The van der Waals surface area contributed by atoms with Crippen LogP contribution in [0.2, 0.25) is 0 Å². The number of para-hydroxylation sites is 1. The van der Waals surface area contributed by atoms with E-state index in [0.717, 1.165) is 19.3 Å². The van der Waals surface area contributed by atoms with Crippen molar-refractivity contribution in [1.82, 2.24) is 10.2 Å². The van der Waals surface area contributed by atoms with E-state index in [1.807, 2.05) is 0 Å². The summed E-state index contributed by atoms with van der Waals surface area (Å²) in [5.41, 5.74) is -1.62. The average molecular weight is 388 g/mol. The van der Waals surface area contributed by atoms with E-state index in [4.69, 9.17) is 0 Å². The van der Waals surface area contributed by atoms with Gasteiger partial charge in [-0.15, -0.1) is 0 Å². The van der Waals surface area contributed by atoms with Gasteiger partial charge in [-0.25, -0.2) is 0 Å². The Morgan fingerprint density at radius 3 is 2.43 bits per heavy atom. The quantitative estimate of drug-likeness (QED) is 0.562. The Morgan fingerprint density at radius 1 is 1.14 bits per heavy atom. The minimum Gasteiger partial charge on any atom is -0.508 e. The summed E-state index contributed by atoms with van der Waals surface area (Å²) < 4.78 is 0. The molecule has 8 heteroatoms. The van der Waals surface area contributed by atoms with Crippen molar-refractivity contribution in [2.45, 2.75) is 49.7 Å². The van der Waals surface area contributed by atoms with Crippen molar-refractivity contribution in [1.29, 1.82) is 0 Å². The number of amides is 2. The van der Waals surface area contributed by atoms with Crippen LogP contribution in [0.3, 0.4) is 0 Å². The van der Waals surface area contributed by atoms with Gasteiger partial charge in [0.05, 0.1) is 18.4 Å². The van der Waals surface area contributed by atoms with Gasteiger partial charge in [0.2, 0.25) is 11.8 Å². The molecule has 1 aliphatic carbocycles. The van der Waals surface area contributed by atoms with Crippen molar-refractivity contribution in [3.63, 3.8) is 0 Å². The summed E-state index contributed by atoms with van der Waals surface area (Å²) in [6, 6.07) is 5.24. The van der Waals surface area contributed by atoms with Crippen LogP contribution in [0.5, 0.6) is 5.75 Å². The molecular weight excluding hydrogens is 364 g/mol. The number of imide groups is 1. The Labute approximate surface area is 162 Å². The van der Waals surface area contributed by atoms with Crippen LogP contribution >= 0.6 is 0 Å². The van der Waals surface area contributed by atoms with Crippen LogP contribution in [0.4, 0.5) is 0 Å². The lowest BCUT2D eigenvalue weighted by Gasteiger charge is -2.33. The molecule has 2 aliphatic heterocycles. The highest BCUT2D eigenvalue weighted by Crippen LogP contribution is 2.51. The maximum atomic E-state index is 13.3. The second kappa shape index (κ2) is 6.86. The largest absolute Gasteiger partial charge is 0.508 e. The fourth-order valence-electron chi connectivity index (χ4n) is 5.15. The molecule has 0 radical (unpaired) electrons. The molecule has 2 saturated heterocycles. The summed E-state index contributed by atoms with van der Waals surface area (Å²) >= 11 is 0. The molecule has 3 aliphatic rings. The number of carbonyl (C=O) groups excluding carboxylic acids is 2. The number of aliphatic hydroxyl groups is 1. The van der Waals surface area contributed by atoms with E-state index in [-0.39, 0.29) is 11.8 Å². The Hall–Kier alpha value is -2.45. The second-order valence-corrected chi connectivity index (χ2v) is 7.96. The van der Waals surface area contributed by atoms with Crippen molar-refractivity contribution in [3.8, 4) is 5.75 Å². The van der Waals surface area contributed by atoms with E-state index in [9.17, 15) is 29.7 Å². The predicted octanol–water partition coefficient (Wildman–Crippen LogP) is 0.786. The maximum absolute atomic E-state index is 13.3. The van der Waals surface area contributed by atoms with Crippen LogP contribution in [-0.2, 0) is 14.4 Å². The third-order valence-electron chi connectivity index (χ3n) is 6.53. The number of aliphatic carboxylic acids is 1. The van der Waals surface area contributed by atoms with E-state index in [2.05, 4.69) is 5.32 Å². The molecule has 28 heavy (non-hydrogen) atoms. The van der Waals surface area contributed by atoms with Gasteiger partial charge in [-0.1, -0.05) is 37.5 Å². The zero-order chi connectivity index (χ0) is 20.1. The number of phenols is 1. The topological polar surface area (TPSA) is 127 Å². The smallest absolute Gasteiger partial charge is 0.327 e. The first kappa shape index (κ1) is 18.9. The standard InChI is InChI=1S/C20H24N2O6/c23-10-20(19(27)28)15-14(16(21-20)12-8-4-5-9-13(12)24)17(25)22(18(15)26)11-6-2-1-3-7-11/h4-5,8-9,11,14-16,21,23-24H,1-3,6-7,10H2,(H,27,28). The summed E-state index contributed by atoms with van der Waals surface area (Å²) in [7, 11) is 0. The molecule has 8 nitrogen and oxygen atoms in total. The number of carboxylic acid groups (broad SMARTS) is 1. The number of rotatable bonds is 4. The summed E-state index contributed by atoms with van der Waals surface area (Å²) in [6.45, 7) is -0.828. The van der Waals surface area contributed by atoms with Crippen molar-refractivity contribution in [2.24, 2.45) is 11.8 Å². The number of carboxylic acids is 1. The molecule has 1 aromatic rings. The number of carbonyl (C=O) groups is 3. The van der Waals surface area contributed by atoms with Crippen molar-refractivity contribution < 1.29 is 29.7 Å². The van der Waals surface area contributed by atoms with E-state index >= 15 is 0 Å².